The lowest BCUT2D eigenvalue weighted by atomic mass is 9.77. The summed E-state index contributed by atoms with van der Waals surface area (Å²) in [5, 5.41) is 17.6. The molecule has 130 valence electrons. The number of anilines is 1. The van der Waals surface area contributed by atoms with Crippen LogP contribution in [-0.2, 0) is 0 Å². The van der Waals surface area contributed by atoms with E-state index >= 15 is 0 Å². The maximum absolute atomic E-state index is 9.84. The van der Waals surface area contributed by atoms with Crippen molar-refractivity contribution in [1.29, 1.82) is 0 Å². The summed E-state index contributed by atoms with van der Waals surface area (Å²) in [6.07, 6.45) is 10.2. The van der Waals surface area contributed by atoms with E-state index in [9.17, 15) is 5.11 Å². The zero-order valence-electron chi connectivity index (χ0n) is 14.2. The van der Waals surface area contributed by atoms with Gasteiger partial charge < -0.3 is 10.4 Å². The van der Waals surface area contributed by atoms with Crippen molar-refractivity contribution in [2.75, 3.05) is 5.32 Å². The van der Waals surface area contributed by atoms with Gasteiger partial charge in [0.2, 0.25) is 5.95 Å². The van der Waals surface area contributed by atoms with Crippen molar-refractivity contribution in [2.24, 2.45) is 0 Å². The van der Waals surface area contributed by atoms with Gasteiger partial charge in [0, 0.05) is 42.0 Å². The molecule has 0 aromatic carbocycles. The predicted molar refractivity (Wildman–Crippen MR) is 96.6 cm³/mol. The van der Waals surface area contributed by atoms with Crippen molar-refractivity contribution in [3.8, 4) is 11.1 Å². The second-order valence-corrected chi connectivity index (χ2v) is 7.01. The Morgan fingerprint density at radius 3 is 2.85 bits per heavy atom. The SMILES string of the molecule is CC1(O)CC(Nc2ncc3c(-c4cnc5nccnc5c4)ccn3n2)C1. The standard InChI is InChI=1S/C18H17N7O/c1-18(26)7-12(8-18)23-17-22-10-15-13(2-5-25(15)24-17)11-6-14-16(21-9-11)20-4-3-19-14/h2-6,9-10,12,26H,7-8H2,1H3,(H,23,24). The van der Waals surface area contributed by atoms with E-state index in [0.29, 0.717) is 24.4 Å². The molecule has 0 saturated heterocycles. The van der Waals surface area contributed by atoms with Gasteiger partial charge in [0.05, 0.1) is 17.3 Å². The molecule has 26 heavy (non-hydrogen) atoms. The van der Waals surface area contributed by atoms with E-state index in [2.05, 4.69) is 30.4 Å². The van der Waals surface area contributed by atoms with Gasteiger partial charge in [-0.3, -0.25) is 4.98 Å². The van der Waals surface area contributed by atoms with Crippen LogP contribution in [0.15, 0.2) is 43.1 Å². The largest absolute Gasteiger partial charge is 0.390 e. The fraction of sp³-hybridized carbons (Fsp3) is 0.278. The monoisotopic (exact) mass is 347 g/mol. The minimum Gasteiger partial charge on any atom is -0.390 e. The molecule has 0 spiro atoms. The van der Waals surface area contributed by atoms with Crippen LogP contribution in [0.25, 0.3) is 27.8 Å². The molecule has 0 atom stereocenters. The van der Waals surface area contributed by atoms with Gasteiger partial charge in [-0.1, -0.05) is 0 Å². The summed E-state index contributed by atoms with van der Waals surface area (Å²) >= 11 is 0. The van der Waals surface area contributed by atoms with Gasteiger partial charge in [-0.15, -0.1) is 5.10 Å². The van der Waals surface area contributed by atoms with Crippen molar-refractivity contribution in [1.82, 2.24) is 29.5 Å². The molecule has 4 heterocycles. The van der Waals surface area contributed by atoms with E-state index in [1.165, 1.54) is 0 Å². The molecular formula is C18H17N7O. The van der Waals surface area contributed by atoms with Gasteiger partial charge in [-0.25, -0.2) is 19.5 Å². The van der Waals surface area contributed by atoms with Crippen LogP contribution in [-0.4, -0.2) is 46.3 Å². The van der Waals surface area contributed by atoms with Crippen LogP contribution >= 0.6 is 0 Å². The first-order valence-electron chi connectivity index (χ1n) is 8.48. The summed E-state index contributed by atoms with van der Waals surface area (Å²) in [5.41, 5.74) is 3.62. The van der Waals surface area contributed by atoms with Gasteiger partial charge in [0.1, 0.15) is 5.52 Å². The number of rotatable bonds is 3. The summed E-state index contributed by atoms with van der Waals surface area (Å²) in [5.74, 6) is 0.558. The zero-order chi connectivity index (χ0) is 17.7. The summed E-state index contributed by atoms with van der Waals surface area (Å²) in [4.78, 5) is 17.3. The number of hydrogen-bond donors (Lipinski definition) is 2. The molecule has 2 N–H and O–H groups in total. The molecular weight excluding hydrogens is 330 g/mol. The third-order valence-electron chi connectivity index (χ3n) is 4.76. The number of aliphatic hydroxyl groups is 1. The van der Waals surface area contributed by atoms with Crippen molar-refractivity contribution in [3.05, 3.63) is 43.1 Å². The first-order valence-corrected chi connectivity index (χ1v) is 8.48. The van der Waals surface area contributed by atoms with Crippen molar-refractivity contribution < 1.29 is 5.11 Å². The molecule has 8 nitrogen and oxygen atoms in total. The minimum absolute atomic E-state index is 0.209. The van der Waals surface area contributed by atoms with E-state index in [0.717, 1.165) is 22.2 Å². The summed E-state index contributed by atoms with van der Waals surface area (Å²) in [6, 6.07) is 4.16. The van der Waals surface area contributed by atoms with Crippen LogP contribution < -0.4 is 5.32 Å². The third-order valence-corrected chi connectivity index (χ3v) is 4.76. The van der Waals surface area contributed by atoms with Gasteiger partial charge in [0.25, 0.3) is 0 Å². The fourth-order valence-electron chi connectivity index (χ4n) is 3.50. The molecule has 1 saturated carbocycles. The number of pyridine rings is 1. The number of fused-ring (bicyclic) bond motifs is 2. The van der Waals surface area contributed by atoms with E-state index < -0.39 is 5.60 Å². The van der Waals surface area contributed by atoms with E-state index in [1.54, 1.807) is 29.3 Å². The summed E-state index contributed by atoms with van der Waals surface area (Å²) in [6.45, 7) is 1.84. The summed E-state index contributed by atoms with van der Waals surface area (Å²) in [7, 11) is 0. The molecule has 1 fully saturated rings. The lowest BCUT2D eigenvalue weighted by Crippen LogP contribution is -2.48. The molecule has 1 aliphatic carbocycles. The Morgan fingerprint density at radius 1 is 1.15 bits per heavy atom. The first-order chi connectivity index (χ1) is 12.6. The van der Waals surface area contributed by atoms with Crippen LogP contribution in [0.1, 0.15) is 19.8 Å². The number of nitrogens with zero attached hydrogens (tertiary/aromatic N) is 6. The second kappa shape index (κ2) is 5.43. The third kappa shape index (κ3) is 2.55. The van der Waals surface area contributed by atoms with E-state index in [-0.39, 0.29) is 6.04 Å². The molecule has 0 unspecified atom stereocenters. The topological polar surface area (TPSA) is 101 Å². The average Bonchev–Trinajstić information content (AvgIpc) is 3.03. The molecule has 4 aromatic rings. The minimum atomic E-state index is -0.575. The van der Waals surface area contributed by atoms with Gasteiger partial charge in [-0.2, -0.15) is 0 Å². The average molecular weight is 347 g/mol. The highest BCUT2D eigenvalue weighted by atomic mass is 16.3. The molecule has 0 amide bonds. The molecule has 5 rings (SSSR count). The highest BCUT2D eigenvalue weighted by Gasteiger charge is 2.38. The highest BCUT2D eigenvalue weighted by molar-refractivity contribution is 5.84. The molecule has 0 bridgehead atoms. The maximum Gasteiger partial charge on any atom is 0.241 e. The number of nitrogens with one attached hydrogen (secondary N) is 1. The normalized spacial score (nSPS) is 22.5. The second-order valence-electron chi connectivity index (χ2n) is 7.01. The number of hydrogen-bond acceptors (Lipinski definition) is 7. The molecule has 8 heteroatoms. The quantitative estimate of drug-likeness (QED) is 0.585. The van der Waals surface area contributed by atoms with Crippen LogP contribution in [0.4, 0.5) is 5.95 Å². The fourth-order valence-corrected chi connectivity index (χ4v) is 3.50. The van der Waals surface area contributed by atoms with Crippen LogP contribution in [0, 0.1) is 0 Å². The Labute approximate surface area is 149 Å². The Kier molecular flexibility index (Phi) is 3.17. The van der Waals surface area contributed by atoms with Crippen LogP contribution in [0.5, 0.6) is 0 Å². The molecule has 1 aliphatic rings. The first kappa shape index (κ1) is 15.2. The van der Waals surface area contributed by atoms with Crippen molar-refractivity contribution >= 4 is 22.6 Å². The van der Waals surface area contributed by atoms with Crippen LogP contribution in [0.3, 0.4) is 0 Å². The van der Waals surface area contributed by atoms with Crippen molar-refractivity contribution in [2.45, 2.75) is 31.4 Å². The maximum atomic E-state index is 9.84. The lowest BCUT2D eigenvalue weighted by molar-refractivity contribution is -0.0236. The van der Waals surface area contributed by atoms with E-state index in [4.69, 9.17) is 0 Å². The molecule has 0 aliphatic heterocycles. The molecule has 0 radical (unpaired) electrons. The number of aromatic nitrogens is 6. The van der Waals surface area contributed by atoms with Gasteiger partial charge >= 0.3 is 0 Å². The lowest BCUT2D eigenvalue weighted by Gasteiger charge is -2.41. The Hall–Kier alpha value is -3.13. The summed E-state index contributed by atoms with van der Waals surface area (Å²) < 4.78 is 1.79. The Bertz CT molecular complexity index is 1110. The van der Waals surface area contributed by atoms with Crippen LogP contribution in [0.2, 0.25) is 0 Å². The van der Waals surface area contributed by atoms with Crippen molar-refractivity contribution in [3.63, 3.8) is 0 Å². The predicted octanol–water partition coefficient (Wildman–Crippen LogP) is 2.06. The zero-order valence-corrected chi connectivity index (χ0v) is 14.2. The Morgan fingerprint density at radius 2 is 2.00 bits per heavy atom. The van der Waals surface area contributed by atoms with Gasteiger partial charge in [-0.05, 0) is 31.9 Å². The van der Waals surface area contributed by atoms with Gasteiger partial charge in [0.15, 0.2) is 5.65 Å². The highest BCUT2D eigenvalue weighted by Crippen LogP contribution is 2.33. The molecule has 4 aromatic heterocycles. The van der Waals surface area contributed by atoms with E-state index in [1.807, 2.05) is 25.3 Å². The smallest absolute Gasteiger partial charge is 0.241 e. The Balaban J connectivity index is 1.47.